The molecule has 0 aromatic heterocycles. The van der Waals surface area contributed by atoms with Gasteiger partial charge in [-0.25, -0.2) is 4.79 Å². The molecule has 0 atom stereocenters. The zero-order chi connectivity index (χ0) is 21.6. The number of piperidine rings is 1. The van der Waals surface area contributed by atoms with E-state index >= 15 is 0 Å². The molecule has 0 bridgehead atoms. The summed E-state index contributed by atoms with van der Waals surface area (Å²) in [6.45, 7) is 8.12. The molecule has 166 valence electrons. The summed E-state index contributed by atoms with van der Waals surface area (Å²) in [7, 11) is 0. The molecule has 6 heteroatoms. The summed E-state index contributed by atoms with van der Waals surface area (Å²) in [5.41, 5.74) is 0.140. The first-order chi connectivity index (χ1) is 14.3. The predicted molar refractivity (Wildman–Crippen MR) is 115 cm³/mol. The van der Waals surface area contributed by atoms with Gasteiger partial charge in [-0.2, -0.15) is 0 Å². The van der Waals surface area contributed by atoms with Crippen molar-refractivity contribution in [1.82, 2.24) is 5.32 Å². The number of hydrogen-bond donors (Lipinski definition) is 2. The fraction of sp³-hybridized carbons (Fsp3) is 0.667. The molecular formula is C24H37N2O4+. The SMILES string of the molecule is CC(C)(C)OC(=O)NCC1CCC(C(=O)OC2(c3ccccc3)CC[NH2+]CC2)CC1. The lowest BCUT2D eigenvalue weighted by Gasteiger charge is -2.38. The number of amides is 1. The second-order valence-electron chi connectivity index (χ2n) is 9.75. The Morgan fingerprint density at radius 3 is 2.30 bits per heavy atom. The second-order valence-corrected chi connectivity index (χ2v) is 9.75. The molecule has 1 saturated heterocycles. The highest BCUT2D eigenvalue weighted by atomic mass is 16.6. The molecular weight excluding hydrogens is 380 g/mol. The highest BCUT2D eigenvalue weighted by Gasteiger charge is 2.41. The van der Waals surface area contributed by atoms with E-state index in [2.05, 4.69) is 22.8 Å². The zero-order valence-corrected chi connectivity index (χ0v) is 18.6. The molecule has 6 nitrogen and oxygen atoms in total. The van der Waals surface area contributed by atoms with Gasteiger partial charge in [0.05, 0.1) is 19.0 Å². The van der Waals surface area contributed by atoms with Gasteiger partial charge in [0, 0.05) is 19.4 Å². The van der Waals surface area contributed by atoms with Crippen LogP contribution in [0.2, 0.25) is 0 Å². The Morgan fingerprint density at radius 2 is 1.70 bits per heavy atom. The largest absolute Gasteiger partial charge is 0.453 e. The summed E-state index contributed by atoms with van der Waals surface area (Å²) in [5.74, 6) is 0.280. The van der Waals surface area contributed by atoms with Gasteiger partial charge in [-0.15, -0.1) is 0 Å². The maximum Gasteiger partial charge on any atom is 0.407 e. The molecule has 1 aliphatic carbocycles. The van der Waals surface area contributed by atoms with E-state index in [-0.39, 0.29) is 18.0 Å². The highest BCUT2D eigenvalue weighted by molar-refractivity contribution is 5.73. The Labute approximate surface area is 180 Å². The smallest absolute Gasteiger partial charge is 0.407 e. The van der Waals surface area contributed by atoms with Gasteiger partial charge >= 0.3 is 12.1 Å². The van der Waals surface area contributed by atoms with Crippen molar-refractivity contribution < 1.29 is 24.4 Å². The van der Waals surface area contributed by atoms with Gasteiger partial charge in [-0.05, 0) is 57.9 Å². The summed E-state index contributed by atoms with van der Waals surface area (Å²) in [6, 6.07) is 10.2. The van der Waals surface area contributed by atoms with Crippen LogP contribution < -0.4 is 10.6 Å². The number of carbonyl (C=O) groups excluding carboxylic acids is 2. The van der Waals surface area contributed by atoms with Gasteiger partial charge in [0.15, 0.2) is 0 Å². The summed E-state index contributed by atoms with van der Waals surface area (Å²) >= 11 is 0. The van der Waals surface area contributed by atoms with Crippen molar-refractivity contribution in [2.24, 2.45) is 11.8 Å². The van der Waals surface area contributed by atoms with E-state index in [4.69, 9.17) is 9.47 Å². The van der Waals surface area contributed by atoms with E-state index in [1.54, 1.807) is 0 Å². The minimum Gasteiger partial charge on any atom is -0.453 e. The Hall–Kier alpha value is -2.08. The van der Waals surface area contributed by atoms with Gasteiger partial charge < -0.3 is 20.1 Å². The highest BCUT2D eigenvalue weighted by Crippen LogP contribution is 2.37. The van der Waals surface area contributed by atoms with E-state index in [0.29, 0.717) is 12.5 Å². The number of hydrogen-bond acceptors (Lipinski definition) is 4. The van der Waals surface area contributed by atoms with Crippen LogP contribution in [0.15, 0.2) is 30.3 Å². The van der Waals surface area contributed by atoms with Gasteiger partial charge in [0.2, 0.25) is 0 Å². The van der Waals surface area contributed by atoms with E-state index in [9.17, 15) is 9.59 Å². The molecule has 30 heavy (non-hydrogen) atoms. The van der Waals surface area contributed by atoms with Crippen molar-refractivity contribution in [3.05, 3.63) is 35.9 Å². The van der Waals surface area contributed by atoms with Gasteiger partial charge in [0.25, 0.3) is 0 Å². The molecule has 2 aliphatic rings. The average Bonchev–Trinajstić information content (AvgIpc) is 2.73. The van der Waals surface area contributed by atoms with Crippen molar-refractivity contribution >= 4 is 12.1 Å². The first kappa shape index (κ1) is 22.6. The van der Waals surface area contributed by atoms with Crippen molar-refractivity contribution in [2.45, 2.75) is 70.5 Å². The molecule has 1 aliphatic heterocycles. The molecule has 1 amide bonds. The molecule has 2 fully saturated rings. The van der Waals surface area contributed by atoms with Crippen molar-refractivity contribution in [3.8, 4) is 0 Å². The topological polar surface area (TPSA) is 81.2 Å². The predicted octanol–water partition coefficient (Wildman–Crippen LogP) is 3.11. The monoisotopic (exact) mass is 417 g/mol. The van der Waals surface area contributed by atoms with E-state index in [0.717, 1.165) is 57.2 Å². The number of alkyl carbamates (subject to hydrolysis) is 1. The first-order valence-electron chi connectivity index (χ1n) is 11.3. The maximum atomic E-state index is 13.1. The Bertz CT molecular complexity index is 700. The van der Waals surface area contributed by atoms with Crippen LogP contribution in [0.1, 0.15) is 64.9 Å². The number of ether oxygens (including phenoxy) is 2. The molecule has 0 radical (unpaired) electrons. The van der Waals surface area contributed by atoms with Crippen LogP contribution in [0.5, 0.6) is 0 Å². The number of quaternary nitrogens is 1. The molecule has 3 rings (SSSR count). The molecule has 1 heterocycles. The van der Waals surface area contributed by atoms with Crippen LogP contribution in [0, 0.1) is 11.8 Å². The molecule has 0 spiro atoms. The molecule has 3 N–H and O–H groups in total. The molecule has 0 unspecified atom stereocenters. The van der Waals surface area contributed by atoms with Crippen molar-refractivity contribution in [3.63, 3.8) is 0 Å². The van der Waals surface area contributed by atoms with E-state index < -0.39 is 11.2 Å². The minimum atomic E-state index is -0.489. The maximum absolute atomic E-state index is 13.1. The molecule has 1 saturated carbocycles. The summed E-state index contributed by atoms with van der Waals surface area (Å²) in [5, 5.41) is 5.15. The number of nitrogens with one attached hydrogen (secondary N) is 1. The van der Waals surface area contributed by atoms with Crippen LogP contribution in [-0.4, -0.2) is 37.3 Å². The second kappa shape index (κ2) is 9.82. The number of benzene rings is 1. The van der Waals surface area contributed by atoms with Crippen LogP contribution >= 0.6 is 0 Å². The van der Waals surface area contributed by atoms with Crippen molar-refractivity contribution in [2.75, 3.05) is 19.6 Å². The van der Waals surface area contributed by atoms with Crippen LogP contribution in [0.25, 0.3) is 0 Å². The lowest BCUT2D eigenvalue weighted by molar-refractivity contribution is -0.668. The Kier molecular flexibility index (Phi) is 7.40. The number of esters is 1. The molecule has 1 aromatic carbocycles. The number of carbonyl (C=O) groups is 2. The van der Waals surface area contributed by atoms with Gasteiger partial charge in [0.1, 0.15) is 11.2 Å². The normalized spacial score (nSPS) is 24.0. The van der Waals surface area contributed by atoms with Crippen LogP contribution in [-0.2, 0) is 19.9 Å². The van der Waals surface area contributed by atoms with Gasteiger partial charge in [-0.3, -0.25) is 4.79 Å². The number of rotatable bonds is 5. The third-order valence-electron chi connectivity index (χ3n) is 6.21. The summed E-state index contributed by atoms with van der Waals surface area (Å²) in [6.07, 6.45) is 4.81. The summed E-state index contributed by atoms with van der Waals surface area (Å²) in [4.78, 5) is 24.9. The quantitative estimate of drug-likeness (QED) is 0.722. The standard InChI is InChI=1S/C24H36N2O4/c1-23(2,3)30-22(28)26-17-18-9-11-19(12-10-18)21(27)29-24(13-15-25-16-14-24)20-7-5-4-6-8-20/h4-8,18-19,25H,9-17H2,1-3H3,(H,26,28)/p+1. The van der Waals surface area contributed by atoms with Crippen LogP contribution in [0.4, 0.5) is 4.79 Å². The third kappa shape index (κ3) is 6.21. The minimum absolute atomic E-state index is 0.0470. The summed E-state index contributed by atoms with van der Waals surface area (Å²) < 4.78 is 11.5. The first-order valence-corrected chi connectivity index (χ1v) is 11.3. The third-order valence-corrected chi connectivity index (χ3v) is 6.21. The van der Waals surface area contributed by atoms with E-state index in [1.165, 1.54) is 0 Å². The zero-order valence-electron chi connectivity index (χ0n) is 18.6. The lowest BCUT2D eigenvalue weighted by atomic mass is 9.81. The number of nitrogens with two attached hydrogens (primary N) is 1. The Balaban J connectivity index is 1.50. The van der Waals surface area contributed by atoms with E-state index in [1.807, 2.05) is 39.0 Å². The van der Waals surface area contributed by atoms with Gasteiger partial charge in [-0.1, -0.05) is 30.3 Å². The fourth-order valence-corrected chi connectivity index (χ4v) is 4.55. The fourth-order valence-electron chi connectivity index (χ4n) is 4.55. The van der Waals surface area contributed by atoms with Crippen molar-refractivity contribution in [1.29, 1.82) is 0 Å². The lowest BCUT2D eigenvalue weighted by Crippen LogP contribution is -2.87. The molecule has 1 aromatic rings. The Morgan fingerprint density at radius 1 is 1.07 bits per heavy atom. The average molecular weight is 418 g/mol. The van der Waals surface area contributed by atoms with Crippen LogP contribution in [0.3, 0.4) is 0 Å².